The number of rotatable bonds is 4. The number of thiophene rings is 1. The summed E-state index contributed by atoms with van der Waals surface area (Å²) in [4.78, 5) is 27.0. The van der Waals surface area contributed by atoms with Crippen LogP contribution < -0.4 is 5.32 Å². The number of aliphatic hydroxyl groups excluding tert-OH is 1. The largest absolute Gasteiger partial charge is 0.391 e. The molecular formula is C15H22N2O3S. The van der Waals surface area contributed by atoms with Gasteiger partial charge in [0.1, 0.15) is 6.04 Å². The third-order valence-electron chi connectivity index (χ3n) is 3.67. The topological polar surface area (TPSA) is 69.6 Å². The Labute approximate surface area is 129 Å². The summed E-state index contributed by atoms with van der Waals surface area (Å²) in [5, 5.41) is 14.4. The SMILES string of the molecule is CC(C)C(NC(=O)c1cccs1)C(=O)N1CCCC(O)C1. The summed E-state index contributed by atoms with van der Waals surface area (Å²) < 4.78 is 0. The summed E-state index contributed by atoms with van der Waals surface area (Å²) >= 11 is 1.36. The Balaban J connectivity index is 2.04. The van der Waals surface area contributed by atoms with Crippen LogP contribution in [0.1, 0.15) is 36.4 Å². The standard InChI is InChI=1S/C15H22N2O3S/c1-10(2)13(16-14(19)12-6-4-8-21-12)15(20)17-7-3-5-11(18)9-17/h4,6,8,10-11,13,18H,3,5,7,9H2,1-2H3,(H,16,19). The van der Waals surface area contributed by atoms with Gasteiger partial charge in [0, 0.05) is 13.1 Å². The number of hydrogen-bond acceptors (Lipinski definition) is 4. The van der Waals surface area contributed by atoms with Crippen molar-refractivity contribution >= 4 is 23.2 Å². The van der Waals surface area contributed by atoms with Gasteiger partial charge >= 0.3 is 0 Å². The average molecular weight is 310 g/mol. The van der Waals surface area contributed by atoms with Crippen molar-refractivity contribution in [3.05, 3.63) is 22.4 Å². The number of nitrogens with one attached hydrogen (secondary N) is 1. The number of piperidine rings is 1. The zero-order valence-electron chi connectivity index (χ0n) is 12.4. The molecule has 1 aromatic rings. The predicted octanol–water partition coefficient (Wildman–Crippen LogP) is 1.49. The second-order valence-corrected chi connectivity index (χ2v) is 6.70. The van der Waals surface area contributed by atoms with E-state index in [-0.39, 0.29) is 17.7 Å². The van der Waals surface area contributed by atoms with Crippen molar-refractivity contribution in [2.24, 2.45) is 5.92 Å². The number of nitrogens with zero attached hydrogens (tertiary/aromatic N) is 1. The normalized spacial score (nSPS) is 20.4. The fraction of sp³-hybridized carbons (Fsp3) is 0.600. The van der Waals surface area contributed by atoms with Crippen LogP contribution in [0.5, 0.6) is 0 Å². The Morgan fingerprint density at radius 2 is 2.24 bits per heavy atom. The van der Waals surface area contributed by atoms with Gasteiger partial charge in [0.15, 0.2) is 0 Å². The molecule has 0 radical (unpaired) electrons. The van der Waals surface area contributed by atoms with Gasteiger partial charge in [-0.3, -0.25) is 9.59 Å². The van der Waals surface area contributed by atoms with Crippen LogP contribution >= 0.6 is 11.3 Å². The third-order valence-corrected chi connectivity index (χ3v) is 4.54. The average Bonchev–Trinajstić information content (AvgIpc) is 2.97. The van der Waals surface area contributed by atoms with E-state index in [0.29, 0.717) is 18.0 Å². The second kappa shape index (κ2) is 7.04. The molecule has 1 fully saturated rings. The first-order valence-electron chi connectivity index (χ1n) is 7.30. The molecule has 0 aromatic carbocycles. The Hall–Kier alpha value is -1.40. The Bertz CT molecular complexity index is 487. The number of hydrogen-bond donors (Lipinski definition) is 2. The Morgan fingerprint density at radius 3 is 2.81 bits per heavy atom. The van der Waals surface area contributed by atoms with Gasteiger partial charge in [-0.25, -0.2) is 0 Å². The maximum Gasteiger partial charge on any atom is 0.262 e. The summed E-state index contributed by atoms with van der Waals surface area (Å²) in [7, 11) is 0. The molecule has 0 saturated carbocycles. The van der Waals surface area contributed by atoms with Crippen LogP contribution in [0.25, 0.3) is 0 Å². The minimum absolute atomic E-state index is 0.000446. The first-order valence-corrected chi connectivity index (χ1v) is 8.18. The quantitative estimate of drug-likeness (QED) is 0.885. The molecule has 1 aromatic heterocycles. The molecule has 6 heteroatoms. The molecule has 1 aliphatic rings. The summed E-state index contributed by atoms with van der Waals surface area (Å²) in [6.45, 7) is 4.83. The van der Waals surface area contributed by atoms with Gasteiger partial charge in [-0.15, -0.1) is 11.3 Å². The van der Waals surface area contributed by atoms with Crippen molar-refractivity contribution in [2.75, 3.05) is 13.1 Å². The van der Waals surface area contributed by atoms with Crippen molar-refractivity contribution in [3.8, 4) is 0 Å². The fourth-order valence-electron chi connectivity index (χ4n) is 2.49. The molecular weight excluding hydrogens is 288 g/mol. The molecule has 116 valence electrons. The van der Waals surface area contributed by atoms with Gasteiger partial charge in [-0.05, 0) is 30.2 Å². The number of likely N-dealkylation sites (tertiary alicyclic amines) is 1. The molecule has 2 heterocycles. The minimum Gasteiger partial charge on any atom is -0.391 e. The van der Waals surface area contributed by atoms with E-state index in [1.807, 2.05) is 25.3 Å². The highest BCUT2D eigenvalue weighted by Gasteiger charge is 2.31. The first-order chi connectivity index (χ1) is 9.99. The second-order valence-electron chi connectivity index (χ2n) is 5.75. The maximum atomic E-state index is 12.6. The van der Waals surface area contributed by atoms with Crippen molar-refractivity contribution in [3.63, 3.8) is 0 Å². The zero-order chi connectivity index (χ0) is 15.4. The van der Waals surface area contributed by atoms with Crippen LogP contribution in [0.4, 0.5) is 0 Å². The van der Waals surface area contributed by atoms with Crippen LogP contribution in [0, 0.1) is 5.92 Å². The summed E-state index contributed by atoms with van der Waals surface area (Å²) in [5.41, 5.74) is 0. The van der Waals surface area contributed by atoms with Gasteiger partial charge < -0.3 is 15.3 Å². The van der Waals surface area contributed by atoms with Crippen LogP contribution in [0.3, 0.4) is 0 Å². The van der Waals surface area contributed by atoms with Crippen molar-refractivity contribution < 1.29 is 14.7 Å². The Kier molecular flexibility index (Phi) is 5.36. The van der Waals surface area contributed by atoms with E-state index < -0.39 is 12.1 Å². The van der Waals surface area contributed by atoms with E-state index in [1.54, 1.807) is 11.0 Å². The summed E-state index contributed by atoms with van der Waals surface area (Å²) in [6, 6.07) is 3.00. The number of amides is 2. The lowest BCUT2D eigenvalue weighted by molar-refractivity contribution is -0.137. The van der Waals surface area contributed by atoms with E-state index in [1.165, 1.54) is 11.3 Å². The lowest BCUT2D eigenvalue weighted by atomic mass is 10.0. The van der Waals surface area contributed by atoms with Gasteiger partial charge in [-0.1, -0.05) is 19.9 Å². The van der Waals surface area contributed by atoms with E-state index in [9.17, 15) is 14.7 Å². The van der Waals surface area contributed by atoms with Crippen LogP contribution in [0.15, 0.2) is 17.5 Å². The highest BCUT2D eigenvalue weighted by Crippen LogP contribution is 2.15. The minimum atomic E-state index is -0.551. The predicted molar refractivity (Wildman–Crippen MR) is 82.2 cm³/mol. The molecule has 1 aliphatic heterocycles. The van der Waals surface area contributed by atoms with E-state index in [4.69, 9.17) is 0 Å². The lowest BCUT2D eigenvalue weighted by Crippen LogP contribution is -2.54. The maximum absolute atomic E-state index is 12.6. The molecule has 2 rings (SSSR count). The highest BCUT2D eigenvalue weighted by molar-refractivity contribution is 7.12. The van der Waals surface area contributed by atoms with E-state index in [0.717, 1.165) is 12.8 Å². The summed E-state index contributed by atoms with van der Waals surface area (Å²) in [5.74, 6) is -0.316. The smallest absolute Gasteiger partial charge is 0.262 e. The monoisotopic (exact) mass is 310 g/mol. The van der Waals surface area contributed by atoms with Gasteiger partial charge in [-0.2, -0.15) is 0 Å². The van der Waals surface area contributed by atoms with E-state index in [2.05, 4.69) is 5.32 Å². The number of carbonyl (C=O) groups is 2. The first kappa shape index (κ1) is 16.0. The van der Waals surface area contributed by atoms with E-state index >= 15 is 0 Å². The third kappa shape index (κ3) is 4.04. The number of carbonyl (C=O) groups excluding carboxylic acids is 2. The molecule has 0 spiro atoms. The molecule has 0 bridgehead atoms. The Morgan fingerprint density at radius 1 is 1.48 bits per heavy atom. The van der Waals surface area contributed by atoms with Crippen molar-refractivity contribution in [2.45, 2.75) is 38.8 Å². The number of aliphatic hydroxyl groups is 1. The molecule has 2 amide bonds. The lowest BCUT2D eigenvalue weighted by Gasteiger charge is -2.34. The molecule has 1 saturated heterocycles. The zero-order valence-corrected chi connectivity index (χ0v) is 13.2. The number of β-amino-alcohol motifs (C(OH)–C–C–N with tert-alkyl or cyclic N) is 1. The van der Waals surface area contributed by atoms with Crippen molar-refractivity contribution in [1.29, 1.82) is 0 Å². The molecule has 2 N–H and O–H groups in total. The fourth-order valence-corrected chi connectivity index (χ4v) is 3.11. The summed E-state index contributed by atoms with van der Waals surface area (Å²) in [6.07, 6.45) is 1.08. The van der Waals surface area contributed by atoms with Gasteiger partial charge in [0.25, 0.3) is 5.91 Å². The van der Waals surface area contributed by atoms with Crippen LogP contribution in [-0.4, -0.2) is 47.1 Å². The van der Waals surface area contributed by atoms with Crippen molar-refractivity contribution in [1.82, 2.24) is 10.2 Å². The van der Waals surface area contributed by atoms with Crippen LogP contribution in [0.2, 0.25) is 0 Å². The molecule has 5 nitrogen and oxygen atoms in total. The molecule has 0 aliphatic carbocycles. The molecule has 2 unspecified atom stereocenters. The highest BCUT2D eigenvalue weighted by atomic mass is 32.1. The van der Waals surface area contributed by atoms with Gasteiger partial charge in [0.05, 0.1) is 11.0 Å². The van der Waals surface area contributed by atoms with Gasteiger partial charge in [0.2, 0.25) is 5.91 Å². The van der Waals surface area contributed by atoms with Crippen LogP contribution in [-0.2, 0) is 4.79 Å². The molecule has 2 atom stereocenters. The molecule has 21 heavy (non-hydrogen) atoms.